The Hall–Kier alpha value is -2.33. The van der Waals surface area contributed by atoms with Crippen LogP contribution in [-0.2, 0) is 0 Å². The van der Waals surface area contributed by atoms with Crippen LogP contribution in [0.4, 0.5) is 0 Å². The maximum atomic E-state index is 12.6. The first kappa shape index (κ1) is 14.6. The minimum Gasteiger partial charge on any atom is -0.457 e. The van der Waals surface area contributed by atoms with E-state index < -0.39 is 0 Å². The van der Waals surface area contributed by atoms with E-state index in [0.29, 0.717) is 11.3 Å². The van der Waals surface area contributed by atoms with Crippen molar-refractivity contribution >= 4 is 5.91 Å². The molecule has 114 valence electrons. The molecular formula is C18H20N2O2. The second-order valence-corrected chi connectivity index (χ2v) is 5.51. The average Bonchev–Trinajstić information content (AvgIpc) is 3.09. The Morgan fingerprint density at radius 1 is 1.14 bits per heavy atom. The van der Waals surface area contributed by atoms with Crippen LogP contribution >= 0.6 is 0 Å². The minimum atomic E-state index is 0.0345. The maximum absolute atomic E-state index is 12.6. The average molecular weight is 296 g/mol. The van der Waals surface area contributed by atoms with Crippen LogP contribution in [0.1, 0.15) is 16.8 Å². The van der Waals surface area contributed by atoms with E-state index >= 15 is 0 Å². The maximum Gasteiger partial charge on any atom is 0.254 e. The van der Waals surface area contributed by atoms with Gasteiger partial charge in [0.1, 0.15) is 11.5 Å². The number of hydrogen-bond donors (Lipinski definition) is 1. The van der Waals surface area contributed by atoms with E-state index in [4.69, 9.17) is 4.74 Å². The first-order chi connectivity index (χ1) is 10.7. The van der Waals surface area contributed by atoms with Gasteiger partial charge in [0.2, 0.25) is 0 Å². The largest absolute Gasteiger partial charge is 0.457 e. The van der Waals surface area contributed by atoms with Crippen LogP contribution in [0.3, 0.4) is 0 Å². The topological polar surface area (TPSA) is 41.6 Å². The standard InChI is InChI=1S/C18H20N2O2/c1-20(15-10-11-19-13-15)18(21)14-6-5-9-17(12-14)22-16-7-3-2-4-8-16/h2-9,12,15,19H,10-11,13H2,1H3. The lowest BCUT2D eigenvalue weighted by atomic mass is 10.1. The molecule has 4 nitrogen and oxygen atoms in total. The molecule has 0 radical (unpaired) electrons. The lowest BCUT2D eigenvalue weighted by molar-refractivity contribution is 0.0743. The second-order valence-electron chi connectivity index (χ2n) is 5.51. The molecule has 1 atom stereocenters. The number of para-hydroxylation sites is 1. The molecule has 0 spiro atoms. The predicted molar refractivity (Wildman–Crippen MR) is 86.3 cm³/mol. The van der Waals surface area contributed by atoms with Crippen LogP contribution in [0, 0.1) is 0 Å². The highest BCUT2D eigenvalue weighted by Gasteiger charge is 2.24. The number of carbonyl (C=O) groups excluding carboxylic acids is 1. The highest BCUT2D eigenvalue weighted by Crippen LogP contribution is 2.22. The third-order valence-electron chi connectivity index (χ3n) is 3.96. The molecule has 2 aromatic rings. The minimum absolute atomic E-state index is 0.0345. The SMILES string of the molecule is CN(C(=O)c1cccc(Oc2ccccc2)c1)C1CCNC1. The molecule has 1 fully saturated rings. The zero-order valence-electron chi connectivity index (χ0n) is 12.7. The summed E-state index contributed by atoms with van der Waals surface area (Å²) in [4.78, 5) is 14.4. The van der Waals surface area contributed by atoms with Gasteiger partial charge in [-0.05, 0) is 43.3 Å². The summed E-state index contributed by atoms with van der Waals surface area (Å²) in [6, 6.07) is 17.2. The van der Waals surface area contributed by atoms with Crippen molar-refractivity contribution in [2.75, 3.05) is 20.1 Å². The monoisotopic (exact) mass is 296 g/mol. The number of ether oxygens (including phenoxy) is 1. The Labute approximate surface area is 130 Å². The van der Waals surface area contributed by atoms with E-state index in [2.05, 4.69) is 5.32 Å². The van der Waals surface area contributed by atoms with Gasteiger partial charge in [-0.3, -0.25) is 4.79 Å². The van der Waals surface area contributed by atoms with Gasteiger partial charge in [-0.15, -0.1) is 0 Å². The van der Waals surface area contributed by atoms with Gasteiger partial charge in [0.05, 0.1) is 0 Å². The summed E-state index contributed by atoms with van der Waals surface area (Å²) in [7, 11) is 1.87. The summed E-state index contributed by atoms with van der Waals surface area (Å²) in [6.07, 6.45) is 1.00. The van der Waals surface area contributed by atoms with E-state index in [1.165, 1.54) is 0 Å². The van der Waals surface area contributed by atoms with Gasteiger partial charge in [0.25, 0.3) is 5.91 Å². The van der Waals surface area contributed by atoms with Gasteiger partial charge in [0, 0.05) is 25.2 Å². The molecule has 22 heavy (non-hydrogen) atoms. The summed E-state index contributed by atoms with van der Waals surface area (Å²) in [5.74, 6) is 1.47. The molecule has 0 aliphatic carbocycles. The zero-order valence-corrected chi connectivity index (χ0v) is 12.7. The van der Waals surface area contributed by atoms with E-state index in [9.17, 15) is 4.79 Å². The van der Waals surface area contributed by atoms with Gasteiger partial charge in [-0.2, -0.15) is 0 Å². The Bertz CT molecular complexity index is 637. The lowest BCUT2D eigenvalue weighted by Crippen LogP contribution is -2.38. The molecule has 1 saturated heterocycles. The van der Waals surface area contributed by atoms with Crippen LogP contribution in [0.5, 0.6) is 11.5 Å². The van der Waals surface area contributed by atoms with Crippen LogP contribution in [0.2, 0.25) is 0 Å². The summed E-state index contributed by atoms with van der Waals surface area (Å²) >= 11 is 0. The summed E-state index contributed by atoms with van der Waals surface area (Å²) in [5.41, 5.74) is 0.655. The van der Waals surface area contributed by atoms with Crippen LogP contribution < -0.4 is 10.1 Å². The number of amides is 1. The number of likely N-dealkylation sites (N-methyl/N-ethyl adjacent to an activating group) is 1. The Morgan fingerprint density at radius 2 is 1.91 bits per heavy atom. The fourth-order valence-corrected chi connectivity index (χ4v) is 2.66. The number of carbonyl (C=O) groups is 1. The quantitative estimate of drug-likeness (QED) is 0.943. The molecule has 1 unspecified atom stereocenters. The Kier molecular flexibility index (Phi) is 4.39. The highest BCUT2D eigenvalue weighted by molar-refractivity contribution is 5.94. The van der Waals surface area contributed by atoms with Gasteiger partial charge < -0.3 is 15.0 Å². The Balaban J connectivity index is 1.74. The van der Waals surface area contributed by atoms with Crippen molar-refractivity contribution in [3.05, 3.63) is 60.2 Å². The van der Waals surface area contributed by atoms with E-state index in [-0.39, 0.29) is 11.9 Å². The van der Waals surface area contributed by atoms with Gasteiger partial charge in [0.15, 0.2) is 0 Å². The van der Waals surface area contributed by atoms with Crippen molar-refractivity contribution in [1.29, 1.82) is 0 Å². The van der Waals surface area contributed by atoms with Crippen LogP contribution in [0.25, 0.3) is 0 Å². The van der Waals surface area contributed by atoms with Crippen molar-refractivity contribution < 1.29 is 9.53 Å². The molecule has 0 aromatic heterocycles. The molecule has 1 N–H and O–H groups in total. The summed E-state index contributed by atoms with van der Waals surface area (Å²) < 4.78 is 5.79. The van der Waals surface area contributed by atoms with E-state index in [1.54, 1.807) is 6.07 Å². The van der Waals surface area contributed by atoms with Gasteiger partial charge in [-0.25, -0.2) is 0 Å². The molecule has 1 aliphatic rings. The number of nitrogens with zero attached hydrogens (tertiary/aromatic N) is 1. The molecule has 2 aromatic carbocycles. The number of hydrogen-bond acceptors (Lipinski definition) is 3. The van der Waals surface area contributed by atoms with E-state index in [1.807, 2.05) is 60.5 Å². The first-order valence-electron chi connectivity index (χ1n) is 7.55. The van der Waals surface area contributed by atoms with Crippen molar-refractivity contribution in [2.45, 2.75) is 12.5 Å². The normalized spacial score (nSPS) is 17.2. The molecule has 0 saturated carbocycles. The van der Waals surface area contributed by atoms with E-state index in [0.717, 1.165) is 25.3 Å². The van der Waals surface area contributed by atoms with Crippen molar-refractivity contribution in [1.82, 2.24) is 10.2 Å². The zero-order chi connectivity index (χ0) is 15.4. The first-order valence-corrected chi connectivity index (χ1v) is 7.55. The third kappa shape index (κ3) is 3.28. The van der Waals surface area contributed by atoms with Crippen LogP contribution in [0.15, 0.2) is 54.6 Å². The summed E-state index contributed by atoms with van der Waals surface area (Å²) in [6.45, 7) is 1.84. The van der Waals surface area contributed by atoms with Crippen molar-refractivity contribution in [3.8, 4) is 11.5 Å². The fourth-order valence-electron chi connectivity index (χ4n) is 2.66. The molecule has 4 heteroatoms. The predicted octanol–water partition coefficient (Wildman–Crippen LogP) is 2.91. The molecule has 0 bridgehead atoms. The van der Waals surface area contributed by atoms with Gasteiger partial charge in [-0.1, -0.05) is 24.3 Å². The molecule has 1 heterocycles. The molecule has 3 rings (SSSR count). The second kappa shape index (κ2) is 6.62. The lowest BCUT2D eigenvalue weighted by Gasteiger charge is -2.24. The fraction of sp³-hybridized carbons (Fsp3) is 0.278. The number of benzene rings is 2. The van der Waals surface area contributed by atoms with Crippen molar-refractivity contribution in [3.63, 3.8) is 0 Å². The highest BCUT2D eigenvalue weighted by atomic mass is 16.5. The molecule has 1 aliphatic heterocycles. The number of rotatable bonds is 4. The van der Waals surface area contributed by atoms with Crippen molar-refractivity contribution in [2.24, 2.45) is 0 Å². The molecule has 1 amide bonds. The summed E-state index contributed by atoms with van der Waals surface area (Å²) in [5, 5.41) is 3.29. The third-order valence-corrected chi connectivity index (χ3v) is 3.96. The molecular weight excluding hydrogens is 276 g/mol. The Morgan fingerprint density at radius 3 is 2.64 bits per heavy atom. The number of nitrogens with one attached hydrogen (secondary N) is 1. The smallest absolute Gasteiger partial charge is 0.254 e. The van der Waals surface area contributed by atoms with Gasteiger partial charge >= 0.3 is 0 Å². The van der Waals surface area contributed by atoms with Crippen LogP contribution in [-0.4, -0.2) is 37.0 Å².